The summed E-state index contributed by atoms with van der Waals surface area (Å²) >= 11 is 1.18. The highest BCUT2D eigenvalue weighted by Crippen LogP contribution is 2.65. The zero-order chi connectivity index (χ0) is 18.1. The van der Waals surface area contributed by atoms with E-state index < -0.39 is 6.36 Å². The number of amides is 1. The minimum Gasteiger partial charge on any atom is -0.406 e. The van der Waals surface area contributed by atoms with Gasteiger partial charge in [0.15, 0.2) is 5.13 Å². The number of fused-ring (bicyclic) bond motifs is 1. The zero-order valence-corrected chi connectivity index (χ0v) is 14.6. The van der Waals surface area contributed by atoms with Gasteiger partial charge in [0.05, 0.1) is 15.6 Å². The predicted molar refractivity (Wildman–Crippen MR) is 90.9 cm³/mol. The first-order chi connectivity index (χ1) is 12.3. The Kier molecular flexibility index (Phi) is 3.36. The Balaban J connectivity index is 1.37. The number of aromatic nitrogens is 1. The van der Waals surface area contributed by atoms with Crippen molar-refractivity contribution in [3.63, 3.8) is 0 Å². The number of hydrogen-bond acceptors (Lipinski definition) is 4. The van der Waals surface area contributed by atoms with E-state index in [1.165, 1.54) is 36.0 Å². The number of benzene rings is 1. The molecule has 4 nitrogen and oxygen atoms in total. The molecule has 4 aliphatic rings. The van der Waals surface area contributed by atoms with Crippen molar-refractivity contribution in [2.75, 3.05) is 5.32 Å². The molecule has 4 bridgehead atoms. The van der Waals surface area contributed by atoms with Gasteiger partial charge in [0.1, 0.15) is 5.75 Å². The molecule has 4 saturated carbocycles. The highest BCUT2D eigenvalue weighted by Gasteiger charge is 2.61. The van der Waals surface area contributed by atoms with Gasteiger partial charge < -0.3 is 10.1 Å². The fraction of sp³-hybridized carbons (Fsp3) is 0.556. The minimum atomic E-state index is -4.73. The van der Waals surface area contributed by atoms with Crippen molar-refractivity contribution in [2.24, 2.45) is 23.2 Å². The van der Waals surface area contributed by atoms with Crippen LogP contribution in [0.25, 0.3) is 10.2 Å². The van der Waals surface area contributed by atoms with Crippen molar-refractivity contribution in [1.29, 1.82) is 0 Å². The summed E-state index contributed by atoms with van der Waals surface area (Å²) in [5.74, 6) is 1.59. The van der Waals surface area contributed by atoms with E-state index in [0.29, 0.717) is 33.1 Å². The summed E-state index contributed by atoms with van der Waals surface area (Å²) in [5.41, 5.74) is 0.297. The SMILES string of the molecule is O=C(Nc1nc2ccc(OC(F)(F)F)cc2s1)C12CC3CC(CC1C3)C2. The van der Waals surface area contributed by atoms with Crippen molar-refractivity contribution in [3.05, 3.63) is 18.2 Å². The van der Waals surface area contributed by atoms with Crippen LogP contribution in [0.4, 0.5) is 18.3 Å². The van der Waals surface area contributed by atoms with Gasteiger partial charge in [-0.15, -0.1) is 13.2 Å². The Morgan fingerprint density at radius 1 is 1.23 bits per heavy atom. The maximum atomic E-state index is 13.0. The van der Waals surface area contributed by atoms with Gasteiger partial charge in [0.25, 0.3) is 0 Å². The Morgan fingerprint density at radius 3 is 2.65 bits per heavy atom. The number of anilines is 1. The maximum absolute atomic E-state index is 13.0. The number of nitrogens with one attached hydrogen (secondary N) is 1. The van der Waals surface area contributed by atoms with Crippen LogP contribution in [0.1, 0.15) is 32.1 Å². The number of carbonyl (C=O) groups is 1. The second kappa shape index (κ2) is 5.34. The lowest BCUT2D eigenvalue weighted by atomic mass is 9.75. The number of halogens is 3. The highest BCUT2D eigenvalue weighted by molar-refractivity contribution is 7.22. The van der Waals surface area contributed by atoms with Gasteiger partial charge in [-0.1, -0.05) is 11.3 Å². The van der Waals surface area contributed by atoms with Gasteiger partial charge in [-0.05, 0) is 62.0 Å². The smallest absolute Gasteiger partial charge is 0.406 e. The van der Waals surface area contributed by atoms with E-state index >= 15 is 0 Å². The molecule has 8 heteroatoms. The van der Waals surface area contributed by atoms with Crippen LogP contribution >= 0.6 is 11.3 Å². The third-order valence-electron chi connectivity index (χ3n) is 6.26. The fourth-order valence-electron chi connectivity index (χ4n) is 5.54. The standard InChI is InChI=1S/C18H17F3N2O2S/c19-18(20,21)25-12-1-2-13-14(6-12)26-16(22-13)23-15(24)17-7-9-3-10(8-17)5-11(17)4-9/h1-2,6,9-11H,3-5,7-8H2,(H,22,23,24). The van der Waals surface area contributed by atoms with Crippen molar-refractivity contribution >= 4 is 32.6 Å². The van der Waals surface area contributed by atoms with Crippen LogP contribution in [-0.4, -0.2) is 17.3 Å². The van der Waals surface area contributed by atoms with Crippen LogP contribution in [0.15, 0.2) is 18.2 Å². The third kappa shape index (κ3) is 2.57. The first-order valence-electron chi connectivity index (χ1n) is 8.78. The molecule has 1 amide bonds. The summed E-state index contributed by atoms with van der Waals surface area (Å²) in [7, 11) is 0. The summed E-state index contributed by atoms with van der Waals surface area (Å²) in [6.45, 7) is 0. The fourth-order valence-corrected chi connectivity index (χ4v) is 6.43. The van der Waals surface area contributed by atoms with Gasteiger partial charge in [-0.2, -0.15) is 0 Å². The van der Waals surface area contributed by atoms with E-state index in [2.05, 4.69) is 15.0 Å². The molecule has 1 aromatic heterocycles. The molecule has 1 heterocycles. The van der Waals surface area contributed by atoms with E-state index in [9.17, 15) is 18.0 Å². The van der Waals surface area contributed by atoms with E-state index in [1.54, 1.807) is 0 Å². The summed E-state index contributed by atoms with van der Waals surface area (Å²) < 4.78 is 41.6. The number of nitrogens with zero attached hydrogens (tertiary/aromatic N) is 1. The van der Waals surface area contributed by atoms with Crippen LogP contribution in [0.3, 0.4) is 0 Å². The first-order valence-corrected chi connectivity index (χ1v) is 9.60. The van der Waals surface area contributed by atoms with Crippen molar-refractivity contribution < 1.29 is 22.7 Å². The molecular weight excluding hydrogens is 365 g/mol. The Morgan fingerprint density at radius 2 is 1.96 bits per heavy atom. The van der Waals surface area contributed by atoms with E-state index in [4.69, 9.17) is 0 Å². The predicted octanol–water partition coefficient (Wildman–Crippen LogP) is 4.96. The Hall–Kier alpha value is -1.83. The number of hydrogen-bond donors (Lipinski definition) is 1. The molecule has 26 heavy (non-hydrogen) atoms. The average Bonchev–Trinajstić information content (AvgIpc) is 3.12. The molecule has 4 fully saturated rings. The zero-order valence-electron chi connectivity index (χ0n) is 13.8. The molecule has 0 spiro atoms. The van der Waals surface area contributed by atoms with E-state index in [0.717, 1.165) is 25.7 Å². The van der Waals surface area contributed by atoms with Gasteiger partial charge in [0, 0.05) is 6.07 Å². The number of carbonyl (C=O) groups excluding carboxylic acids is 1. The van der Waals surface area contributed by atoms with Gasteiger partial charge >= 0.3 is 6.36 Å². The van der Waals surface area contributed by atoms with Crippen LogP contribution < -0.4 is 10.1 Å². The quantitative estimate of drug-likeness (QED) is 0.816. The van der Waals surface area contributed by atoms with Crippen LogP contribution in [-0.2, 0) is 4.79 Å². The van der Waals surface area contributed by atoms with Gasteiger partial charge in [0.2, 0.25) is 5.91 Å². The molecule has 2 unspecified atom stereocenters. The maximum Gasteiger partial charge on any atom is 0.573 e. The number of rotatable bonds is 3. The monoisotopic (exact) mass is 382 g/mol. The normalized spacial score (nSPS) is 32.3. The molecule has 0 saturated heterocycles. The van der Waals surface area contributed by atoms with Crippen molar-refractivity contribution in [3.8, 4) is 5.75 Å². The first kappa shape index (κ1) is 16.4. The van der Waals surface area contributed by atoms with Crippen LogP contribution in [0.2, 0.25) is 0 Å². The topological polar surface area (TPSA) is 51.2 Å². The average molecular weight is 382 g/mol. The lowest BCUT2D eigenvalue weighted by Gasteiger charge is -2.31. The highest BCUT2D eigenvalue weighted by atomic mass is 32.1. The molecule has 2 aromatic rings. The molecule has 138 valence electrons. The molecule has 1 N–H and O–H groups in total. The second-order valence-electron chi connectivity index (χ2n) is 7.85. The summed E-state index contributed by atoms with van der Waals surface area (Å²) in [5, 5.41) is 3.39. The molecule has 1 aromatic carbocycles. The Bertz CT molecular complexity index is 880. The number of thiazole rings is 1. The van der Waals surface area contributed by atoms with Gasteiger partial charge in [-0.25, -0.2) is 4.98 Å². The molecule has 2 atom stereocenters. The molecule has 0 aliphatic heterocycles. The Labute approximate surface area is 151 Å². The third-order valence-corrected chi connectivity index (χ3v) is 7.19. The summed E-state index contributed by atoms with van der Waals surface area (Å²) in [6, 6.07) is 4.01. The van der Waals surface area contributed by atoms with Crippen molar-refractivity contribution in [1.82, 2.24) is 4.98 Å². The minimum absolute atomic E-state index is 0.0398. The van der Waals surface area contributed by atoms with E-state index in [1.807, 2.05) is 0 Å². The molecule has 0 radical (unpaired) electrons. The number of alkyl halides is 3. The lowest BCUT2D eigenvalue weighted by Crippen LogP contribution is -2.37. The van der Waals surface area contributed by atoms with Crippen molar-refractivity contribution in [2.45, 2.75) is 38.5 Å². The summed E-state index contributed by atoms with van der Waals surface area (Å²) in [4.78, 5) is 17.4. The van der Waals surface area contributed by atoms with Crippen LogP contribution in [0.5, 0.6) is 5.75 Å². The molecular formula is C18H17F3N2O2S. The summed E-state index contributed by atoms with van der Waals surface area (Å²) in [6.07, 6.45) is 0.775. The molecule has 4 aliphatic carbocycles. The van der Waals surface area contributed by atoms with Gasteiger partial charge in [-0.3, -0.25) is 4.79 Å². The molecule has 6 rings (SSSR count). The second-order valence-corrected chi connectivity index (χ2v) is 8.88. The largest absolute Gasteiger partial charge is 0.573 e. The lowest BCUT2D eigenvalue weighted by molar-refractivity contribution is -0.274. The van der Waals surface area contributed by atoms with E-state index in [-0.39, 0.29) is 17.1 Å². The number of ether oxygens (including phenoxy) is 1. The van der Waals surface area contributed by atoms with Crippen LogP contribution in [0, 0.1) is 23.2 Å².